The Hall–Kier alpha value is -1.80. The van der Waals surface area contributed by atoms with Crippen LogP contribution in [0.25, 0.3) is 0 Å². The van der Waals surface area contributed by atoms with Gasteiger partial charge in [-0.3, -0.25) is 15.1 Å². The zero-order valence-electron chi connectivity index (χ0n) is 11.2. The largest absolute Gasteiger partial charge is 0.304 e. The minimum Gasteiger partial charge on any atom is -0.304 e. The van der Waals surface area contributed by atoms with Crippen LogP contribution in [0.15, 0.2) is 17.7 Å². The van der Waals surface area contributed by atoms with Crippen LogP contribution in [0.1, 0.15) is 16.8 Å². The first-order valence-corrected chi connectivity index (χ1v) is 7.75. The normalized spacial score (nSPS) is 20.2. The lowest BCUT2D eigenvalue weighted by Crippen LogP contribution is -2.30. The molecule has 0 aliphatic carbocycles. The van der Waals surface area contributed by atoms with Crippen LogP contribution in [0, 0.1) is 24.0 Å². The molecule has 1 aliphatic heterocycles. The Kier molecular flexibility index (Phi) is 3.87. The monoisotopic (exact) mass is 297 g/mol. The lowest BCUT2D eigenvalue weighted by atomic mass is 10.1. The summed E-state index contributed by atoms with van der Waals surface area (Å²) in [5.74, 6) is 0.0139. The van der Waals surface area contributed by atoms with Crippen LogP contribution >= 0.6 is 0 Å². The van der Waals surface area contributed by atoms with E-state index in [0.29, 0.717) is 16.8 Å². The molecule has 0 spiro atoms. The molecule has 2 rings (SSSR count). The first-order valence-electron chi connectivity index (χ1n) is 6.04. The maximum Gasteiger partial charge on any atom is 0.278 e. The molecule has 7 nitrogen and oxygen atoms in total. The van der Waals surface area contributed by atoms with Crippen molar-refractivity contribution in [3.63, 3.8) is 0 Å². The topological polar surface area (TPSA) is 102 Å². The maximum atomic E-state index is 11.3. The van der Waals surface area contributed by atoms with Crippen LogP contribution in [-0.4, -0.2) is 30.1 Å². The highest BCUT2D eigenvalue weighted by molar-refractivity contribution is 7.94. The van der Waals surface area contributed by atoms with Gasteiger partial charge in [0.1, 0.15) is 0 Å². The van der Waals surface area contributed by atoms with Gasteiger partial charge in [-0.25, -0.2) is 8.42 Å². The fraction of sp³-hybridized carbons (Fsp3) is 0.417. The highest BCUT2D eigenvalue weighted by Crippen LogP contribution is 2.24. The van der Waals surface area contributed by atoms with Crippen LogP contribution in [0.3, 0.4) is 0 Å². The third-order valence-electron chi connectivity index (χ3n) is 3.22. The van der Waals surface area contributed by atoms with Crippen molar-refractivity contribution in [1.82, 2.24) is 10.3 Å². The standard InChI is InChI=1S/C12H15N3O4S/c1-8-5-14-11(9(2)12(8)15(16)17)6-13-10-3-4-20(18,19)7-10/h3-5,10,13H,6-7H2,1-2H3. The zero-order valence-corrected chi connectivity index (χ0v) is 12.0. The Morgan fingerprint density at radius 3 is 2.75 bits per heavy atom. The molecule has 0 fully saturated rings. The molecule has 8 heteroatoms. The van der Waals surface area contributed by atoms with Gasteiger partial charge >= 0.3 is 0 Å². The molecule has 0 bridgehead atoms. The van der Waals surface area contributed by atoms with E-state index in [1.807, 2.05) is 0 Å². The Balaban J connectivity index is 2.13. The Bertz CT molecular complexity index is 682. The average Bonchev–Trinajstić information content (AvgIpc) is 2.67. The summed E-state index contributed by atoms with van der Waals surface area (Å²) in [5.41, 5.74) is 1.64. The lowest BCUT2D eigenvalue weighted by molar-refractivity contribution is -0.386. The fourth-order valence-corrected chi connectivity index (χ4v) is 3.42. The third-order valence-corrected chi connectivity index (χ3v) is 4.62. The maximum absolute atomic E-state index is 11.3. The molecule has 108 valence electrons. The fourth-order valence-electron chi connectivity index (χ4n) is 2.15. The summed E-state index contributed by atoms with van der Waals surface area (Å²) in [4.78, 5) is 14.8. The van der Waals surface area contributed by atoms with Gasteiger partial charge in [0, 0.05) is 35.3 Å². The van der Waals surface area contributed by atoms with E-state index in [0.717, 1.165) is 0 Å². The molecule has 1 aromatic rings. The van der Waals surface area contributed by atoms with Crippen LogP contribution in [0.5, 0.6) is 0 Å². The highest BCUT2D eigenvalue weighted by Gasteiger charge is 2.23. The van der Waals surface area contributed by atoms with E-state index in [4.69, 9.17) is 0 Å². The molecule has 20 heavy (non-hydrogen) atoms. The van der Waals surface area contributed by atoms with Gasteiger partial charge in [0.2, 0.25) is 0 Å². The number of nitrogens with one attached hydrogen (secondary N) is 1. The van der Waals surface area contributed by atoms with Gasteiger partial charge in [-0.05, 0) is 13.8 Å². The second-order valence-electron chi connectivity index (χ2n) is 4.76. The van der Waals surface area contributed by atoms with Crippen molar-refractivity contribution in [1.29, 1.82) is 0 Å². The van der Waals surface area contributed by atoms with Gasteiger partial charge in [-0.15, -0.1) is 0 Å². The molecule has 1 aromatic heterocycles. The summed E-state index contributed by atoms with van der Waals surface area (Å²) < 4.78 is 22.6. The zero-order chi connectivity index (χ0) is 14.9. The summed E-state index contributed by atoms with van der Waals surface area (Å²) in [6.07, 6.45) is 3.04. The molecule has 0 saturated heterocycles. The molecule has 0 saturated carbocycles. The number of nitrogens with zero attached hydrogens (tertiary/aromatic N) is 2. The Morgan fingerprint density at radius 1 is 1.50 bits per heavy atom. The van der Waals surface area contributed by atoms with E-state index < -0.39 is 14.8 Å². The summed E-state index contributed by atoms with van der Waals surface area (Å²) in [6, 6.07) is -0.276. The number of nitro groups is 1. The van der Waals surface area contributed by atoms with Gasteiger partial charge in [0.05, 0.1) is 16.4 Å². The van der Waals surface area contributed by atoms with Crippen molar-refractivity contribution >= 4 is 15.5 Å². The van der Waals surface area contributed by atoms with Crippen LogP contribution in [0.2, 0.25) is 0 Å². The highest BCUT2D eigenvalue weighted by atomic mass is 32.2. The molecule has 1 aliphatic rings. The number of hydrogen-bond donors (Lipinski definition) is 1. The molecule has 0 radical (unpaired) electrons. The van der Waals surface area contributed by atoms with Crippen molar-refractivity contribution in [2.75, 3.05) is 5.75 Å². The SMILES string of the molecule is Cc1cnc(CNC2C=CS(=O)(=O)C2)c(C)c1[N+](=O)[O-]. The molecule has 1 unspecified atom stereocenters. The number of sulfone groups is 1. The quantitative estimate of drug-likeness (QED) is 0.657. The smallest absolute Gasteiger partial charge is 0.278 e. The van der Waals surface area contributed by atoms with E-state index in [1.165, 1.54) is 11.6 Å². The lowest BCUT2D eigenvalue weighted by Gasteiger charge is -2.11. The first kappa shape index (κ1) is 14.6. The minimum atomic E-state index is -3.11. The summed E-state index contributed by atoms with van der Waals surface area (Å²) in [5, 5.41) is 15.2. The van der Waals surface area contributed by atoms with E-state index in [2.05, 4.69) is 10.3 Å². The van der Waals surface area contributed by atoms with Crippen molar-refractivity contribution in [3.05, 3.63) is 44.6 Å². The van der Waals surface area contributed by atoms with E-state index in [1.54, 1.807) is 19.9 Å². The molecule has 2 heterocycles. The number of pyridine rings is 1. The van der Waals surface area contributed by atoms with Crippen molar-refractivity contribution < 1.29 is 13.3 Å². The van der Waals surface area contributed by atoms with Crippen LogP contribution < -0.4 is 5.32 Å². The number of aryl methyl sites for hydroxylation is 1. The second-order valence-corrected chi connectivity index (χ2v) is 6.70. The Labute approximate surface area is 116 Å². The number of hydrogen-bond acceptors (Lipinski definition) is 6. The average molecular weight is 297 g/mol. The molecule has 1 atom stereocenters. The van der Waals surface area contributed by atoms with Gasteiger partial charge in [-0.1, -0.05) is 6.08 Å². The van der Waals surface area contributed by atoms with E-state index in [9.17, 15) is 18.5 Å². The Morgan fingerprint density at radius 2 is 2.20 bits per heavy atom. The number of aromatic nitrogens is 1. The van der Waals surface area contributed by atoms with E-state index >= 15 is 0 Å². The van der Waals surface area contributed by atoms with Gasteiger partial charge in [0.15, 0.2) is 9.84 Å². The number of rotatable bonds is 4. The summed E-state index contributed by atoms with van der Waals surface area (Å²) >= 11 is 0. The first-order chi connectivity index (χ1) is 9.30. The van der Waals surface area contributed by atoms with Crippen molar-refractivity contribution in [2.24, 2.45) is 0 Å². The van der Waals surface area contributed by atoms with Crippen molar-refractivity contribution in [3.8, 4) is 0 Å². The molecule has 1 N–H and O–H groups in total. The molecule has 0 aromatic carbocycles. The third kappa shape index (κ3) is 3.02. The summed E-state index contributed by atoms with van der Waals surface area (Å²) in [7, 11) is -3.11. The minimum absolute atomic E-state index is 0.0139. The van der Waals surface area contributed by atoms with Gasteiger partial charge < -0.3 is 5.32 Å². The van der Waals surface area contributed by atoms with Crippen LogP contribution in [-0.2, 0) is 16.4 Å². The van der Waals surface area contributed by atoms with Crippen LogP contribution in [0.4, 0.5) is 5.69 Å². The predicted octanol–water partition coefficient (Wildman–Crippen LogP) is 1.01. The second kappa shape index (κ2) is 5.29. The predicted molar refractivity (Wildman–Crippen MR) is 73.9 cm³/mol. The van der Waals surface area contributed by atoms with Gasteiger partial charge in [-0.2, -0.15) is 0 Å². The van der Waals surface area contributed by atoms with Crippen molar-refractivity contribution in [2.45, 2.75) is 26.4 Å². The van der Waals surface area contributed by atoms with Gasteiger partial charge in [0.25, 0.3) is 5.69 Å². The molecular formula is C12H15N3O4S. The summed E-state index contributed by atoms with van der Waals surface area (Å²) in [6.45, 7) is 3.58. The van der Waals surface area contributed by atoms with E-state index in [-0.39, 0.29) is 24.0 Å². The molecular weight excluding hydrogens is 282 g/mol. The molecule has 0 amide bonds.